The Bertz CT molecular complexity index is 728. The highest BCUT2D eigenvalue weighted by Crippen LogP contribution is 2.17. The summed E-state index contributed by atoms with van der Waals surface area (Å²) < 4.78 is 0. The smallest absolute Gasteiger partial charge is 0.251 e. The van der Waals surface area contributed by atoms with Crippen molar-refractivity contribution < 1.29 is 4.79 Å². The maximum Gasteiger partial charge on any atom is 0.251 e. The largest absolute Gasteiger partial charge is 0.378 e. The Morgan fingerprint density at radius 2 is 1.85 bits per heavy atom. The third kappa shape index (κ3) is 4.99. The van der Waals surface area contributed by atoms with Crippen molar-refractivity contribution in [2.75, 3.05) is 32.1 Å². The fraction of sp³-hybridized carbons (Fsp3) is 0.381. The van der Waals surface area contributed by atoms with Crippen LogP contribution in [0.25, 0.3) is 0 Å². The molecule has 1 aliphatic heterocycles. The summed E-state index contributed by atoms with van der Waals surface area (Å²) in [5.41, 5.74) is 3.06. The molecule has 1 heterocycles. The quantitative estimate of drug-likeness (QED) is 0.868. The minimum atomic E-state index is 0.00801. The number of hydrogen-bond acceptors (Lipinski definition) is 3. The van der Waals surface area contributed by atoms with E-state index in [0.717, 1.165) is 43.2 Å². The van der Waals surface area contributed by atoms with Crippen LogP contribution in [0.4, 0.5) is 5.69 Å². The van der Waals surface area contributed by atoms with Crippen molar-refractivity contribution in [1.82, 2.24) is 10.2 Å². The van der Waals surface area contributed by atoms with E-state index in [0.29, 0.717) is 5.56 Å². The lowest BCUT2D eigenvalue weighted by atomic mass is 10.0. The molecule has 4 nitrogen and oxygen atoms in total. The van der Waals surface area contributed by atoms with E-state index < -0.39 is 0 Å². The van der Waals surface area contributed by atoms with Crippen molar-refractivity contribution in [3.8, 4) is 0 Å². The Kier molecular flexibility index (Phi) is 6.17. The highest BCUT2D eigenvalue weighted by molar-refractivity contribution is 6.30. The maximum atomic E-state index is 12.5. The van der Waals surface area contributed by atoms with Crippen molar-refractivity contribution >= 4 is 23.2 Å². The van der Waals surface area contributed by atoms with Gasteiger partial charge in [0.2, 0.25) is 0 Å². The summed E-state index contributed by atoms with van der Waals surface area (Å²) in [6.45, 7) is 2.83. The van der Waals surface area contributed by atoms with Gasteiger partial charge in [-0.05, 0) is 61.3 Å². The normalized spacial score (nSPS) is 17.7. The molecule has 1 amide bonds. The molecule has 3 rings (SSSR count). The molecule has 0 bridgehead atoms. The van der Waals surface area contributed by atoms with Gasteiger partial charge >= 0.3 is 0 Å². The van der Waals surface area contributed by atoms with Crippen LogP contribution in [0, 0.1) is 0 Å². The summed E-state index contributed by atoms with van der Waals surface area (Å²) in [5, 5.41) is 3.96. The molecule has 0 saturated carbocycles. The number of amides is 1. The first kappa shape index (κ1) is 18.7. The summed E-state index contributed by atoms with van der Waals surface area (Å²) >= 11 is 5.96. The second-order valence-electron chi connectivity index (χ2n) is 7.12. The summed E-state index contributed by atoms with van der Waals surface area (Å²) in [6.07, 6.45) is 2.12. The lowest BCUT2D eigenvalue weighted by Crippen LogP contribution is -2.47. The second-order valence-corrected chi connectivity index (χ2v) is 7.55. The fourth-order valence-corrected chi connectivity index (χ4v) is 3.47. The number of piperidine rings is 1. The number of likely N-dealkylation sites (tertiary alicyclic amines) is 1. The van der Waals surface area contributed by atoms with Gasteiger partial charge in [0, 0.05) is 49.5 Å². The van der Waals surface area contributed by atoms with Gasteiger partial charge in [-0.2, -0.15) is 0 Å². The number of carbonyl (C=O) groups is 1. The average molecular weight is 372 g/mol. The Morgan fingerprint density at radius 1 is 1.15 bits per heavy atom. The summed E-state index contributed by atoms with van der Waals surface area (Å²) in [6, 6.07) is 15.9. The molecule has 5 heteroatoms. The summed E-state index contributed by atoms with van der Waals surface area (Å²) in [5.74, 6) is 0.00801. The molecule has 2 aromatic carbocycles. The molecular weight excluding hydrogens is 346 g/mol. The first-order valence-electron chi connectivity index (χ1n) is 9.06. The molecule has 138 valence electrons. The van der Waals surface area contributed by atoms with E-state index in [1.165, 1.54) is 5.56 Å². The first-order valence-corrected chi connectivity index (χ1v) is 9.44. The molecule has 0 aromatic heterocycles. The van der Waals surface area contributed by atoms with Crippen LogP contribution in [0.15, 0.2) is 48.5 Å². The van der Waals surface area contributed by atoms with Crippen molar-refractivity contribution in [1.29, 1.82) is 0 Å². The second kappa shape index (κ2) is 8.56. The van der Waals surface area contributed by atoms with Crippen molar-refractivity contribution in [3.63, 3.8) is 0 Å². The van der Waals surface area contributed by atoms with Crippen LogP contribution in [0.1, 0.15) is 28.8 Å². The van der Waals surface area contributed by atoms with Gasteiger partial charge in [0.15, 0.2) is 0 Å². The molecule has 1 fully saturated rings. The maximum absolute atomic E-state index is 12.5. The van der Waals surface area contributed by atoms with Gasteiger partial charge in [0.05, 0.1) is 0 Å². The van der Waals surface area contributed by atoms with Crippen LogP contribution in [0.2, 0.25) is 5.02 Å². The van der Waals surface area contributed by atoms with E-state index in [2.05, 4.69) is 22.3 Å². The van der Waals surface area contributed by atoms with Gasteiger partial charge in [-0.1, -0.05) is 23.7 Å². The minimum absolute atomic E-state index is 0.00801. The Hall–Kier alpha value is -2.04. The molecule has 1 N–H and O–H groups in total. The molecule has 1 aliphatic rings. The van der Waals surface area contributed by atoms with E-state index in [9.17, 15) is 4.79 Å². The molecule has 1 atom stereocenters. The van der Waals surface area contributed by atoms with E-state index in [4.69, 9.17) is 11.6 Å². The van der Waals surface area contributed by atoms with Crippen molar-refractivity contribution in [3.05, 3.63) is 64.7 Å². The highest BCUT2D eigenvalue weighted by atomic mass is 35.5. The zero-order valence-electron chi connectivity index (χ0n) is 15.4. The van der Waals surface area contributed by atoms with E-state index >= 15 is 0 Å². The molecule has 0 spiro atoms. The number of nitrogens with zero attached hydrogens (tertiary/aromatic N) is 2. The SMILES string of the molecule is CN(C)c1ccc(C(=O)N[C@H]2CCCN(Cc3ccc(Cl)cc3)C2)cc1. The van der Waals surface area contributed by atoms with Gasteiger partial charge < -0.3 is 10.2 Å². The standard InChI is InChI=1S/C21H26ClN3O/c1-24(2)20-11-7-17(8-12-20)21(26)23-19-4-3-13-25(15-19)14-16-5-9-18(22)10-6-16/h5-12,19H,3-4,13-15H2,1-2H3,(H,23,26)/t19-/m0/s1. The van der Waals surface area contributed by atoms with Gasteiger partial charge in [-0.15, -0.1) is 0 Å². The first-order chi connectivity index (χ1) is 12.5. The van der Waals surface area contributed by atoms with Crippen LogP contribution >= 0.6 is 11.6 Å². The fourth-order valence-electron chi connectivity index (χ4n) is 3.34. The van der Waals surface area contributed by atoms with Crippen LogP contribution in [-0.2, 0) is 6.54 Å². The zero-order valence-corrected chi connectivity index (χ0v) is 16.2. The Balaban J connectivity index is 1.55. The Labute approximate surface area is 160 Å². The van der Waals surface area contributed by atoms with Crippen LogP contribution in [0.5, 0.6) is 0 Å². The minimum Gasteiger partial charge on any atom is -0.378 e. The zero-order chi connectivity index (χ0) is 18.5. The van der Waals surface area contributed by atoms with Gasteiger partial charge in [-0.3, -0.25) is 9.69 Å². The summed E-state index contributed by atoms with van der Waals surface area (Å²) in [4.78, 5) is 17.0. The third-order valence-corrected chi connectivity index (χ3v) is 5.06. The molecule has 0 aliphatic carbocycles. The lowest BCUT2D eigenvalue weighted by Gasteiger charge is -2.33. The van der Waals surface area contributed by atoms with E-state index in [1.54, 1.807) is 0 Å². The lowest BCUT2D eigenvalue weighted by molar-refractivity contribution is 0.0901. The number of rotatable bonds is 5. The Morgan fingerprint density at radius 3 is 2.50 bits per heavy atom. The van der Waals surface area contributed by atoms with Gasteiger partial charge in [-0.25, -0.2) is 0 Å². The molecule has 26 heavy (non-hydrogen) atoms. The number of halogens is 1. The number of nitrogens with one attached hydrogen (secondary N) is 1. The van der Waals surface area contributed by atoms with Crippen LogP contribution < -0.4 is 10.2 Å². The molecule has 2 aromatic rings. The average Bonchev–Trinajstić information content (AvgIpc) is 2.64. The van der Waals surface area contributed by atoms with E-state index in [-0.39, 0.29) is 11.9 Å². The third-order valence-electron chi connectivity index (χ3n) is 4.81. The predicted octanol–water partition coefficient (Wildman–Crippen LogP) is 3.80. The predicted molar refractivity (Wildman–Crippen MR) is 108 cm³/mol. The number of carbonyl (C=O) groups excluding carboxylic acids is 1. The molecular formula is C21H26ClN3O. The topological polar surface area (TPSA) is 35.6 Å². The van der Waals surface area contributed by atoms with Crippen molar-refractivity contribution in [2.24, 2.45) is 0 Å². The molecule has 0 unspecified atom stereocenters. The number of hydrogen-bond donors (Lipinski definition) is 1. The highest BCUT2D eigenvalue weighted by Gasteiger charge is 2.22. The number of benzene rings is 2. The van der Waals surface area contributed by atoms with Crippen molar-refractivity contribution in [2.45, 2.75) is 25.4 Å². The summed E-state index contributed by atoms with van der Waals surface area (Å²) in [7, 11) is 3.98. The molecule has 0 radical (unpaired) electrons. The molecule has 1 saturated heterocycles. The van der Waals surface area contributed by atoms with E-state index in [1.807, 2.05) is 55.4 Å². The van der Waals surface area contributed by atoms with Gasteiger partial charge in [0.1, 0.15) is 0 Å². The van der Waals surface area contributed by atoms with Crippen LogP contribution in [-0.4, -0.2) is 44.0 Å². The van der Waals surface area contributed by atoms with Gasteiger partial charge in [0.25, 0.3) is 5.91 Å². The van der Waals surface area contributed by atoms with Crippen LogP contribution in [0.3, 0.4) is 0 Å². The number of anilines is 1. The monoisotopic (exact) mass is 371 g/mol.